The molecule has 1 aliphatic rings. The van der Waals surface area contributed by atoms with Gasteiger partial charge in [-0.2, -0.15) is 10.5 Å². The van der Waals surface area contributed by atoms with Gasteiger partial charge in [0.2, 0.25) is 0 Å². The third kappa shape index (κ3) is 4.70. The highest BCUT2D eigenvalue weighted by Gasteiger charge is 2.34. The minimum absolute atomic E-state index is 0.628. The first-order valence-electron chi connectivity index (χ1n) is 13.4. The van der Waals surface area contributed by atoms with Crippen LogP contribution in [0.1, 0.15) is 5.56 Å². The monoisotopic (exact) mass is 543 g/mol. The topological polar surface area (TPSA) is 50.8 Å². The van der Waals surface area contributed by atoms with Gasteiger partial charge in [0.05, 0.1) is 10.6 Å². The van der Waals surface area contributed by atoms with Crippen molar-refractivity contribution >= 4 is 45.4 Å². The number of anilines is 3. The summed E-state index contributed by atoms with van der Waals surface area (Å²) in [6.07, 6.45) is 3.96. The first kappa shape index (κ1) is 25.9. The van der Waals surface area contributed by atoms with Gasteiger partial charge in [-0.3, -0.25) is 0 Å². The Morgan fingerprint density at radius 3 is 1.34 bits per heavy atom. The second-order valence-corrected chi connectivity index (χ2v) is 13.0. The summed E-state index contributed by atoms with van der Waals surface area (Å²) in [6.45, 7) is -2.61. The summed E-state index contributed by atoms with van der Waals surface area (Å²) in [4.78, 5) is 2.21. The zero-order valence-corrected chi connectivity index (χ0v) is 23.2. The number of allylic oxidation sites excluding steroid dienone is 4. The fourth-order valence-corrected chi connectivity index (χ4v) is 9.33. The molecule has 194 valence electrons. The lowest BCUT2D eigenvalue weighted by atomic mass is 10.0. The van der Waals surface area contributed by atoms with E-state index in [2.05, 4.69) is 65.6 Å². The minimum Gasteiger partial charge on any atom is -0.311 e. The van der Waals surface area contributed by atoms with Crippen molar-refractivity contribution < 1.29 is 0 Å². The average Bonchev–Trinajstić information content (AvgIpc) is 3.06. The maximum absolute atomic E-state index is 10.5. The first-order chi connectivity index (χ1) is 20.3. The van der Waals surface area contributed by atoms with Crippen LogP contribution in [0.4, 0.5) is 17.1 Å². The summed E-state index contributed by atoms with van der Waals surface area (Å²) in [5.41, 5.74) is 4.96. The zero-order valence-electron chi connectivity index (χ0n) is 22.3. The molecular weight excluding hydrogens is 517 g/mol. The lowest BCUT2D eigenvalue weighted by molar-refractivity contribution is 1.28. The largest absolute Gasteiger partial charge is 0.311 e. The molecule has 0 radical (unpaired) electrons. The zero-order chi connectivity index (χ0) is 28.1. The van der Waals surface area contributed by atoms with E-state index in [9.17, 15) is 10.5 Å². The molecular formula is C37H26N3P. The third-order valence-corrected chi connectivity index (χ3v) is 11.4. The van der Waals surface area contributed by atoms with Crippen molar-refractivity contribution in [3.05, 3.63) is 169 Å². The summed E-state index contributed by atoms with van der Waals surface area (Å²) >= 11 is 0. The van der Waals surface area contributed by atoms with E-state index in [-0.39, 0.29) is 0 Å². The molecule has 6 rings (SSSR count). The number of hydrogen-bond acceptors (Lipinski definition) is 3. The Kier molecular flexibility index (Phi) is 7.21. The Morgan fingerprint density at radius 2 is 0.902 bits per heavy atom. The van der Waals surface area contributed by atoms with Crippen LogP contribution < -0.4 is 15.5 Å². The molecule has 0 amide bonds. The highest BCUT2D eigenvalue weighted by molar-refractivity contribution is 7.93. The highest BCUT2D eigenvalue weighted by atomic mass is 31.2. The Hall–Kier alpha value is -5.34. The van der Waals surface area contributed by atoms with Crippen LogP contribution in [-0.4, -0.2) is 5.29 Å². The summed E-state index contributed by atoms with van der Waals surface area (Å²) in [6, 6.07) is 53.9. The van der Waals surface area contributed by atoms with Crippen LogP contribution in [-0.2, 0) is 0 Å². The van der Waals surface area contributed by atoms with Gasteiger partial charge >= 0.3 is 0 Å². The van der Waals surface area contributed by atoms with Gasteiger partial charge in [-0.25, -0.2) is 0 Å². The van der Waals surface area contributed by atoms with Crippen molar-refractivity contribution in [3.63, 3.8) is 0 Å². The van der Waals surface area contributed by atoms with Crippen molar-refractivity contribution in [1.82, 2.24) is 0 Å². The molecule has 0 aliphatic carbocycles. The molecule has 5 aromatic rings. The molecule has 1 heterocycles. The molecule has 41 heavy (non-hydrogen) atoms. The molecule has 0 N–H and O–H groups in total. The second-order valence-electron chi connectivity index (χ2n) is 9.63. The molecule has 0 atom stereocenters. The predicted octanol–water partition coefficient (Wildman–Crippen LogP) is 8.33. The number of rotatable bonds is 6. The molecule has 0 fully saturated rings. The van der Waals surface area contributed by atoms with Gasteiger partial charge in [-0.05, 0) is 70.3 Å². The van der Waals surface area contributed by atoms with Crippen LogP contribution in [0.3, 0.4) is 0 Å². The predicted molar refractivity (Wildman–Crippen MR) is 172 cm³/mol. The lowest BCUT2D eigenvalue weighted by Crippen LogP contribution is -2.24. The SMILES string of the molecule is N#CC1=CC(c2ccc(N(c3ccccc3)c3ccccc3)cc2)=CC(C#N)=P1(c1ccccc1)c1ccccc1. The van der Waals surface area contributed by atoms with E-state index >= 15 is 0 Å². The molecule has 0 bridgehead atoms. The Labute approximate surface area is 241 Å². The van der Waals surface area contributed by atoms with Crippen LogP contribution in [0.5, 0.6) is 0 Å². The van der Waals surface area contributed by atoms with E-state index in [1.807, 2.05) is 109 Å². The van der Waals surface area contributed by atoms with Gasteiger partial charge in [0.15, 0.2) is 0 Å². The van der Waals surface area contributed by atoms with Crippen LogP contribution in [0, 0.1) is 22.7 Å². The van der Waals surface area contributed by atoms with Crippen molar-refractivity contribution in [2.45, 2.75) is 0 Å². The van der Waals surface area contributed by atoms with E-state index in [4.69, 9.17) is 0 Å². The average molecular weight is 544 g/mol. The quantitative estimate of drug-likeness (QED) is 0.202. The van der Waals surface area contributed by atoms with Gasteiger partial charge < -0.3 is 4.90 Å². The number of nitriles is 2. The number of benzene rings is 5. The Bertz CT molecular complexity index is 1790. The fraction of sp³-hybridized carbons (Fsp3) is 0. The smallest absolute Gasteiger partial charge is 0.100 e. The summed E-state index contributed by atoms with van der Waals surface area (Å²) in [5, 5.41) is 24.4. The fourth-order valence-electron chi connectivity index (χ4n) is 5.45. The van der Waals surface area contributed by atoms with Crippen LogP contribution >= 0.6 is 6.89 Å². The maximum atomic E-state index is 10.5. The molecule has 1 aliphatic heterocycles. The molecule has 3 nitrogen and oxygen atoms in total. The Morgan fingerprint density at radius 1 is 0.463 bits per heavy atom. The van der Waals surface area contributed by atoms with E-state index in [0.29, 0.717) is 10.6 Å². The minimum atomic E-state index is -2.61. The number of para-hydroxylation sites is 2. The van der Waals surface area contributed by atoms with E-state index < -0.39 is 6.89 Å². The van der Waals surface area contributed by atoms with E-state index in [1.165, 1.54) is 0 Å². The standard InChI is InChI=1S/C37H26N3P/c38-27-36-25-30(26-37(28-39)41(36,34-17-9-3-10-18-34)35-19-11-4-12-20-35)29-21-23-33(24-22-29)40(31-13-5-1-6-14-31)32-15-7-2-8-16-32/h1-26H. The first-order valence-corrected chi connectivity index (χ1v) is 15.2. The van der Waals surface area contributed by atoms with Crippen molar-refractivity contribution in [2.75, 3.05) is 4.90 Å². The van der Waals surface area contributed by atoms with Crippen molar-refractivity contribution in [2.24, 2.45) is 0 Å². The van der Waals surface area contributed by atoms with E-state index in [0.717, 1.165) is 38.8 Å². The van der Waals surface area contributed by atoms with Crippen LogP contribution in [0.25, 0.3) is 5.57 Å². The van der Waals surface area contributed by atoms with Crippen molar-refractivity contribution in [1.29, 1.82) is 10.5 Å². The maximum Gasteiger partial charge on any atom is 0.100 e. The molecule has 0 unspecified atom stereocenters. The van der Waals surface area contributed by atoms with E-state index in [1.54, 1.807) is 0 Å². The lowest BCUT2D eigenvalue weighted by Gasteiger charge is -2.31. The highest BCUT2D eigenvalue weighted by Crippen LogP contribution is 2.57. The van der Waals surface area contributed by atoms with Gasteiger partial charge in [-0.15, -0.1) is 0 Å². The molecule has 0 saturated carbocycles. The second kappa shape index (κ2) is 11.4. The Balaban J connectivity index is 1.50. The summed E-state index contributed by atoms with van der Waals surface area (Å²) < 4.78 is 0. The van der Waals surface area contributed by atoms with Gasteiger partial charge in [0.25, 0.3) is 0 Å². The molecule has 0 aromatic heterocycles. The van der Waals surface area contributed by atoms with Crippen LogP contribution in [0.15, 0.2) is 163 Å². The summed E-state index contributed by atoms with van der Waals surface area (Å²) in [5.74, 6) is 0. The van der Waals surface area contributed by atoms with Gasteiger partial charge in [0.1, 0.15) is 12.1 Å². The number of hydrogen-bond donors (Lipinski definition) is 0. The molecule has 5 aromatic carbocycles. The normalized spacial score (nSPS) is 13.8. The molecule has 0 spiro atoms. The van der Waals surface area contributed by atoms with Gasteiger partial charge in [-0.1, -0.05) is 109 Å². The van der Waals surface area contributed by atoms with Crippen molar-refractivity contribution in [3.8, 4) is 12.1 Å². The van der Waals surface area contributed by atoms with Gasteiger partial charge in [0, 0.05) is 23.9 Å². The molecule has 0 saturated heterocycles. The number of nitrogens with zero attached hydrogens (tertiary/aromatic N) is 3. The molecule has 4 heteroatoms. The third-order valence-electron chi connectivity index (χ3n) is 7.31. The summed E-state index contributed by atoms with van der Waals surface area (Å²) in [7, 11) is 0. The van der Waals surface area contributed by atoms with Crippen LogP contribution in [0.2, 0.25) is 0 Å².